The van der Waals surface area contributed by atoms with Crippen molar-refractivity contribution in [1.82, 2.24) is 10.2 Å². The van der Waals surface area contributed by atoms with Crippen LogP contribution in [0.1, 0.15) is 46.5 Å². The van der Waals surface area contributed by atoms with Crippen molar-refractivity contribution in [2.75, 3.05) is 13.6 Å². The van der Waals surface area contributed by atoms with Gasteiger partial charge in [-0.1, -0.05) is 12.8 Å². The van der Waals surface area contributed by atoms with Gasteiger partial charge >= 0.3 is 6.09 Å². The minimum Gasteiger partial charge on any atom is -0.444 e. The maximum atomic E-state index is 11.9. The normalized spacial score (nSPS) is 16.4. The Morgan fingerprint density at radius 3 is 2.33 bits per heavy atom. The predicted octanol–water partition coefficient (Wildman–Crippen LogP) is 1.91. The van der Waals surface area contributed by atoms with E-state index in [4.69, 9.17) is 4.74 Å². The van der Waals surface area contributed by atoms with E-state index in [-0.39, 0.29) is 12.5 Å². The van der Waals surface area contributed by atoms with Crippen LogP contribution in [-0.2, 0) is 9.53 Å². The van der Waals surface area contributed by atoms with Gasteiger partial charge in [0.05, 0.1) is 0 Å². The molecule has 0 saturated heterocycles. The number of carbonyl (C=O) groups is 2. The van der Waals surface area contributed by atoms with E-state index >= 15 is 0 Å². The third-order valence-corrected chi connectivity index (χ3v) is 3.05. The van der Waals surface area contributed by atoms with E-state index in [9.17, 15) is 9.59 Å². The predicted molar refractivity (Wildman–Crippen MR) is 69.3 cm³/mol. The topological polar surface area (TPSA) is 58.6 Å². The standard InChI is InChI=1S/C13H24N2O3/c1-13(2,3)18-12(17)14-9-11(16)15(4)10-7-5-6-8-10/h10H,5-9H2,1-4H3,(H,14,17). The number of hydrogen-bond donors (Lipinski definition) is 1. The third kappa shape index (κ3) is 4.94. The summed E-state index contributed by atoms with van der Waals surface area (Å²) >= 11 is 0. The first-order chi connectivity index (χ1) is 8.29. The number of alkyl carbamates (subject to hydrolysis) is 1. The molecule has 1 fully saturated rings. The highest BCUT2D eigenvalue weighted by Gasteiger charge is 2.24. The maximum Gasteiger partial charge on any atom is 0.408 e. The van der Waals surface area contributed by atoms with Crippen LogP contribution < -0.4 is 5.32 Å². The summed E-state index contributed by atoms with van der Waals surface area (Å²) in [5, 5.41) is 2.49. The highest BCUT2D eigenvalue weighted by molar-refractivity contribution is 5.82. The second-order valence-corrected chi connectivity index (χ2v) is 5.80. The minimum absolute atomic E-state index is 0.00190. The van der Waals surface area contributed by atoms with Gasteiger partial charge < -0.3 is 15.0 Å². The van der Waals surface area contributed by atoms with E-state index in [0.29, 0.717) is 6.04 Å². The summed E-state index contributed by atoms with van der Waals surface area (Å²) in [6.07, 6.45) is 3.95. The number of nitrogens with zero attached hydrogens (tertiary/aromatic N) is 1. The summed E-state index contributed by atoms with van der Waals surface area (Å²) in [6.45, 7) is 5.37. The molecule has 18 heavy (non-hydrogen) atoms. The first-order valence-corrected chi connectivity index (χ1v) is 6.52. The zero-order chi connectivity index (χ0) is 13.8. The van der Waals surface area contributed by atoms with Gasteiger partial charge in [0.1, 0.15) is 12.1 Å². The molecular weight excluding hydrogens is 232 g/mol. The molecule has 104 valence electrons. The molecule has 0 aromatic heterocycles. The molecule has 0 aromatic carbocycles. The van der Waals surface area contributed by atoms with Gasteiger partial charge in [-0.3, -0.25) is 4.79 Å². The summed E-state index contributed by atoms with van der Waals surface area (Å²) < 4.78 is 5.07. The molecule has 0 unspecified atom stereocenters. The zero-order valence-electron chi connectivity index (χ0n) is 11.8. The van der Waals surface area contributed by atoms with Gasteiger partial charge in [-0.15, -0.1) is 0 Å². The van der Waals surface area contributed by atoms with E-state index in [0.717, 1.165) is 12.8 Å². The monoisotopic (exact) mass is 256 g/mol. The van der Waals surface area contributed by atoms with Gasteiger partial charge in [0.25, 0.3) is 0 Å². The third-order valence-electron chi connectivity index (χ3n) is 3.05. The van der Waals surface area contributed by atoms with Crippen LogP contribution in [0.4, 0.5) is 4.79 Å². The van der Waals surface area contributed by atoms with E-state index in [2.05, 4.69) is 5.32 Å². The van der Waals surface area contributed by atoms with E-state index in [1.165, 1.54) is 12.8 Å². The molecule has 0 spiro atoms. The van der Waals surface area contributed by atoms with Crippen molar-refractivity contribution >= 4 is 12.0 Å². The van der Waals surface area contributed by atoms with Crippen LogP contribution in [0, 0.1) is 0 Å². The Kier molecular flexibility index (Phi) is 4.99. The number of amides is 2. The van der Waals surface area contributed by atoms with Crippen molar-refractivity contribution in [2.45, 2.75) is 58.1 Å². The van der Waals surface area contributed by atoms with Crippen molar-refractivity contribution in [3.8, 4) is 0 Å². The Hall–Kier alpha value is -1.26. The second-order valence-electron chi connectivity index (χ2n) is 5.80. The minimum atomic E-state index is -0.546. The first kappa shape index (κ1) is 14.8. The average Bonchev–Trinajstić information content (AvgIpc) is 2.75. The Morgan fingerprint density at radius 1 is 1.28 bits per heavy atom. The molecule has 0 atom stereocenters. The fourth-order valence-corrected chi connectivity index (χ4v) is 2.08. The first-order valence-electron chi connectivity index (χ1n) is 6.52. The SMILES string of the molecule is CN(C(=O)CNC(=O)OC(C)(C)C)C1CCCC1. The van der Waals surface area contributed by atoms with Crippen LogP contribution in [0.3, 0.4) is 0 Å². The van der Waals surface area contributed by atoms with E-state index in [1.54, 1.807) is 32.7 Å². The van der Waals surface area contributed by atoms with Crippen LogP contribution in [0.5, 0.6) is 0 Å². The molecule has 0 radical (unpaired) electrons. The number of rotatable bonds is 3. The second kappa shape index (κ2) is 6.07. The molecule has 0 aliphatic heterocycles. The Bertz CT molecular complexity index is 304. The van der Waals surface area contributed by atoms with Crippen LogP contribution in [0.25, 0.3) is 0 Å². The number of likely N-dealkylation sites (N-methyl/N-ethyl adjacent to an activating group) is 1. The van der Waals surface area contributed by atoms with Gasteiger partial charge in [0, 0.05) is 13.1 Å². The van der Waals surface area contributed by atoms with Crippen molar-refractivity contribution in [3.05, 3.63) is 0 Å². The number of ether oxygens (including phenoxy) is 1. The summed E-state index contributed by atoms with van der Waals surface area (Å²) in [6, 6.07) is 0.331. The molecule has 1 saturated carbocycles. The van der Waals surface area contributed by atoms with Crippen molar-refractivity contribution < 1.29 is 14.3 Å². The number of nitrogens with one attached hydrogen (secondary N) is 1. The van der Waals surface area contributed by atoms with Crippen LogP contribution in [0.15, 0.2) is 0 Å². The summed E-state index contributed by atoms with van der Waals surface area (Å²) in [7, 11) is 1.80. The Labute approximate surface area is 109 Å². The summed E-state index contributed by atoms with van der Waals surface area (Å²) in [5.74, 6) is -0.0623. The molecule has 1 aliphatic rings. The van der Waals surface area contributed by atoms with Crippen molar-refractivity contribution in [1.29, 1.82) is 0 Å². The fraction of sp³-hybridized carbons (Fsp3) is 0.846. The summed E-state index contributed by atoms with van der Waals surface area (Å²) in [4.78, 5) is 25.0. The molecule has 0 aromatic rings. The fourth-order valence-electron chi connectivity index (χ4n) is 2.08. The van der Waals surface area contributed by atoms with Gasteiger partial charge in [-0.05, 0) is 33.6 Å². The van der Waals surface area contributed by atoms with Crippen LogP contribution in [0.2, 0.25) is 0 Å². The molecule has 2 amide bonds. The molecule has 5 heteroatoms. The highest BCUT2D eigenvalue weighted by Crippen LogP contribution is 2.22. The molecular formula is C13H24N2O3. The van der Waals surface area contributed by atoms with Crippen LogP contribution >= 0.6 is 0 Å². The quantitative estimate of drug-likeness (QED) is 0.839. The molecule has 1 N–H and O–H groups in total. The molecule has 0 bridgehead atoms. The van der Waals surface area contributed by atoms with Gasteiger partial charge in [0.2, 0.25) is 5.91 Å². The molecule has 5 nitrogen and oxygen atoms in total. The lowest BCUT2D eigenvalue weighted by Crippen LogP contribution is -2.43. The number of hydrogen-bond acceptors (Lipinski definition) is 3. The van der Waals surface area contributed by atoms with E-state index in [1.807, 2.05) is 0 Å². The average molecular weight is 256 g/mol. The number of carbonyl (C=O) groups excluding carboxylic acids is 2. The van der Waals surface area contributed by atoms with Gasteiger partial charge in [-0.2, -0.15) is 0 Å². The molecule has 1 rings (SSSR count). The molecule has 1 aliphatic carbocycles. The lowest BCUT2D eigenvalue weighted by atomic mass is 10.2. The lowest BCUT2D eigenvalue weighted by Gasteiger charge is -2.25. The van der Waals surface area contributed by atoms with Crippen LogP contribution in [-0.4, -0.2) is 42.1 Å². The lowest BCUT2D eigenvalue weighted by molar-refractivity contribution is -0.130. The van der Waals surface area contributed by atoms with Gasteiger partial charge in [0.15, 0.2) is 0 Å². The van der Waals surface area contributed by atoms with Crippen molar-refractivity contribution in [2.24, 2.45) is 0 Å². The summed E-state index contributed by atoms with van der Waals surface area (Å²) in [5.41, 5.74) is -0.537. The molecule has 0 heterocycles. The van der Waals surface area contributed by atoms with Gasteiger partial charge in [-0.25, -0.2) is 4.79 Å². The smallest absolute Gasteiger partial charge is 0.408 e. The maximum absolute atomic E-state index is 11.9. The zero-order valence-corrected chi connectivity index (χ0v) is 11.8. The Morgan fingerprint density at radius 2 is 1.83 bits per heavy atom. The largest absolute Gasteiger partial charge is 0.444 e. The van der Waals surface area contributed by atoms with E-state index < -0.39 is 11.7 Å². The highest BCUT2D eigenvalue weighted by atomic mass is 16.6. The Balaban J connectivity index is 2.29. The van der Waals surface area contributed by atoms with Crippen molar-refractivity contribution in [3.63, 3.8) is 0 Å².